The molecule has 0 aromatic heterocycles. The lowest BCUT2D eigenvalue weighted by Gasteiger charge is -2.71. The number of rotatable bonds is 7. The van der Waals surface area contributed by atoms with Gasteiger partial charge in [-0.2, -0.15) is 0 Å². The van der Waals surface area contributed by atoms with Crippen LogP contribution in [0.5, 0.6) is 0 Å². The molecule has 5 aliphatic carbocycles. The van der Waals surface area contributed by atoms with Crippen molar-refractivity contribution < 1.29 is 20.4 Å². The summed E-state index contributed by atoms with van der Waals surface area (Å²) >= 11 is 0. The minimum absolute atomic E-state index is 0.264. The molecule has 4 unspecified atom stereocenters. The first-order valence-electron chi connectivity index (χ1n) is 16.5. The van der Waals surface area contributed by atoms with E-state index in [9.17, 15) is 15.3 Å². The molecular weight excluding hydrogens is 484 g/mol. The van der Waals surface area contributed by atoms with Gasteiger partial charge in [-0.05, 0) is 127 Å². The number of allylic oxidation sites excluding steroid dienone is 2. The van der Waals surface area contributed by atoms with Crippen molar-refractivity contribution in [3.05, 3.63) is 12.2 Å². The second-order valence-electron chi connectivity index (χ2n) is 16.8. The molecule has 0 amide bonds. The van der Waals surface area contributed by atoms with Crippen LogP contribution in [0.2, 0.25) is 0 Å². The van der Waals surface area contributed by atoms with Crippen LogP contribution >= 0.6 is 0 Å². The smallest absolute Gasteiger partial charge is 0.108 e. The van der Waals surface area contributed by atoms with E-state index in [1.54, 1.807) is 0 Å². The number of aliphatic hydroxyl groups is 4. The van der Waals surface area contributed by atoms with Crippen molar-refractivity contribution in [3.8, 4) is 0 Å². The lowest BCUT2D eigenvalue weighted by atomic mass is 9.33. The largest absolute Gasteiger partial charge is 0.394 e. The van der Waals surface area contributed by atoms with Gasteiger partial charge in [0.25, 0.3) is 0 Å². The first kappa shape index (κ1) is 30.1. The van der Waals surface area contributed by atoms with E-state index in [0.29, 0.717) is 45.8 Å². The predicted molar refractivity (Wildman–Crippen MR) is 158 cm³/mol. The molecule has 0 aromatic carbocycles. The normalized spacial score (nSPS) is 49.7. The number of hydrogen-bond donors (Lipinski definition) is 4. The van der Waals surface area contributed by atoms with Gasteiger partial charge < -0.3 is 20.4 Å². The highest BCUT2D eigenvalue weighted by atomic mass is 16.4. The van der Waals surface area contributed by atoms with Gasteiger partial charge in [-0.25, -0.2) is 0 Å². The van der Waals surface area contributed by atoms with Crippen LogP contribution in [0, 0.1) is 62.6 Å². The number of aliphatic hydroxyl groups excluding tert-OH is 4. The molecule has 0 aliphatic heterocycles. The highest BCUT2D eigenvalue weighted by Gasteiger charge is 2.69. The zero-order valence-corrected chi connectivity index (χ0v) is 26.1. The molecule has 224 valence electrons. The maximum absolute atomic E-state index is 10.4. The van der Waals surface area contributed by atoms with E-state index in [4.69, 9.17) is 5.11 Å². The zero-order valence-electron chi connectivity index (χ0n) is 26.1. The zero-order chi connectivity index (χ0) is 28.6. The average Bonchev–Trinajstić information content (AvgIpc) is 3.23. The minimum Gasteiger partial charge on any atom is -0.394 e. The molecule has 4 saturated carbocycles. The first-order valence-corrected chi connectivity index (χ1v) is 16.5. The third kappa shape index (κ3) is 4.35. The fourth-order valence-electron chi connectivity index (χ4n) is 12.5. The summed E-state index contributed by atoms with van der Waals surface area (Å²) in [6, 6.07) is 0. The molecule has 0 aromatic rings. The fourth-order valence-corrected chi connectivity index (χ4v) is 12.5. The van der Waals surface area contributed by atoms with Gasteiger partial charge in [0.1, 0.15) is 12.2 Å². The van der Waals surface area contributed by atoms with Crippen molar-refractivity contribution in [2.45, 2.75) is 137 Å². The molecule has 4 nitrogen and oxygen atoms in total. The summed E-state index contributed by atoms with van der Waals surface area (Å²) in [5, 5.41) is 39.4. The average molecular weight is 545 g/mol. The highest BCUT2D eigenvalue weighted by molar-refractivity contribution is 5.27. The molecule has 4 fully saturated rings. The van der Waals surface area contributed by atoms with Crippen molar-refractivity contribution in [1.29, 1.82) is 0 Å². The van der Waals surface area contributed by atoms with E-state index < -0.39 is 24.9 Å². The maximum Gasteiger partial charge on any atom is 0.108 e. The Balaban J connectivity index is 1.35. The van der Waals surface area contributed by atoms with E-state index in [1.165, 1.54) is 57.8 Å². The van der Waals surface area contributed by atoms with Gasteiger partial charge in [-0.1, -0.05) is 67.0 Å². The van der Waals surface area contributed by atoms with Crippen LogP contribution in [-0.4, -0.2) is 45.3 Å². The summed E-state index contributed by atoms with van der Waals surface area (Å²) in [5.41, 5.74) is 1.80. The molecule has 13 atom stereocenters. The summed E-state index contributed by atoms with van der Waals surface area (Å²) in [4.78, 5) is 0. The molecular formula is C35H60O4. The van der Waals surface area contributed by atoms with Crippen LogP contribution in [-0.2, 0) is 0 Å². The summed E-state index contributed by atoms with van der Waals surface area (Å²) in [6.07, 6.45) is 15.4. The van der Waals surface area contributed by atoms with Crippen LogP contribution in [0.15, 0.2) is 12.2 Å². The monoisotopic (exact) mass is 544 g/mol. The fraction of sp³-hybridized carbons (Fsp3) is 0.943. The van der Waals surface area contributed by atoms with Crippen LogP contribution in [0.3, 0.4) is 0 Å². The third-order valence-corrected chi connectivity index (χ3v) is 14.8. The van der Waals surface area contributed by atoms with Gasteiger partial charge in [0, 0.05) is 0 Å². The summed E-state index contributed by atoms with van der Waals surface area (Å²) in [7, 11) is 0. The van der Waals surface area contributed by atoms with Gasteiger partial charge in [0.15, 0.2) is 0 Å². The van der Waals surface area contributed by atoms with Crippen molar-refractivity contribution in [2.75, 3.05) is 6.61 Å². The second kappa shape index (κ2) is 10.1. The lowest BCUT2D eigenvalue weighted by Crippen LogP contribution is -2.64. The molecule has 0 heterocycles. The Morgan fingerprint density at radius 3 is 2.15 bits per heavy atom. The van der Waals surface area contributed by atoms with Crippen molar-refractivity contribution in [2.24, 2.45) is 62.6 Å². The van der Waals surface area contributed by atoms with Gasteiger partial charge >= 0.3 is 0 Å². The van der Waals surface area contributed by atoms with E-state index >= 15 is 0 Å². The molecule has 39 heavy (non-hydrogen) atoms. The molecule has 0 radical (unpaired) electrons. The molecule has 0 saturated heterocycles. The van der Waals surface area contributed by atoms with Gasteiger partial charge in [0.2, 0.25) is 0 Å². The summed E-state index contributed by atoms with van der Waals surface area (Å²) < 4.78 is 0. The van der Waals surface area contributed by atoms with E-state index in [1.807, 2.05) is 0 Å². The highest BCUT2D eigenvalue weighted by Crippen LogP contribution is 2.76. The molecule has 4 N–H and O–H groups in total. The van der Waals surface area contributed by atoms with Crippen molar-refractivity contribution in [1.82, 2.24) is 0 Å². The first-order chi connectivity index (χ1) is 18.2. The Morgan fingerprint density at radius 1 is 0.769 bits per heavy atom. The molecule has 4 heteroatoms. The standard InChI is InChI=1S/C35H60O4/c1-22(9-10-25(37)30(39)26(38)21-36)23-13-18-32(4)24(23)14-19-34(6)28(32)11-12-29-33(5)17-8-16-31(2,3)27(33)15-20-35(29,34)7/h15,20,22-30,36-39H,8-14,16-19,21H2,1-7H3/t22?,23-,24+,25?,26?,27+,28-,29-,30?,32+,33+,34-,35-/m1/s1. The minimum atomic E-state index is -1.28. The van der Waals surface area contributed by atoms with E-state index in [-0.39, 0.29) is 5.41 Å². The van der Waals surface area contributed by atoms with E-state index in [0.717, 1.165) is 24.2 Å². The Bertz CT molecular complexity index is 930. The molecule has 5 aliphatic rings. The quantitative estimate of drug-likeness (QED) is 0.267. The topological polar surface area (TPSA) is 80.9 Å². The third-order valence-electron chi connectivity index (χ3n) is 14.8. The second-order valence-corrected chi connectivity index (χ2v) is 16.8. The van der Waals surface area contributed by atoms with Crippen LogP contribution < -0.4 is 0 Å². The van der Waals surface area contributed by atoms with Crippen molar-refractivity contribution >= 4 is 0 Å². The van der Waals surface area contributed by atoms with Crippen LogP contribution in [0.25, 0.3) is 0 Å². The van der Waals surface area contributed by atoms with Crippen LogP contribution in [0.4, 0.5) is 0 Å². The maximum atomic E-state index is 10.4. The summed E-state index contributed by atoms with van der Waals surface area (Å²) in [6.45, 7) is 17.5. The Hall–Kier alpha value is -0.420. The molecule has 5 rings (SSSR count). The summed E-state index contributed by atoms with van der Waals surface area (Å²) in [5.74, 6) is 4.13. The number of fused-ring (bicyclic) bond motifs is 7. The Labute approximate surface area is 239 Å². The molecule has 0 bridgehead atoms. The number of hydrogen-bond acceptors (Lipinski definition) is 4. The SMILES string of the molecule is CC(CCC(O)C(O)C(O)CO)[C@H]1CC[C@]2(C)[C@H]3CC[C@@H]4[C@@]5(C)CCCC(C)(C)[C@@H]5C=C[C@@]4(C)[C@]3(C)CC[C@@H]12. The van der Waals surface area contributed by atoms with Crippen molar-refractivity contribution in [3.63, 3.8) is 0 Å². The van der Waals surface area contributed by atoms with Gasteiger partial charge in [-0.15, -0.1) is 0 Å². The predicted octanol–water partition coefficient (Wildman–Crippen LogP) is 6.75. The van der Waals surface area contributed by atoms with E-state index in [2.05, 4.69) is 60.6 Å². The Kier molecular flexibility index (Phi) is 7.78. The van der Waals surface area contributed by atoms with Gasteiger partial charge in [0.05, 0.1) is 12.7 Å². The van der Waals surface area contributed by atoms with Gasteiger partial charge in [-0.3, -0.25) is 0 Å². The Morgan fingerprint density at radius 2 is 1.46 bits per heavy atom. The van der Waals surface area contributed by atoms with Crippen LogP contribution in [0.1, 0.15) is 119 Å². The lowest BCUT2D eigenvalue weighted by molar-refractivity contribution is -0.198. The molecule has 0 spiro atoms.